The second kappa shape index (κ2) is 5.49. The molecule has 2 aliphatic rings. The number of carboxylic acid groups (broad SMARTS) is 1. The minimum Gasteiger partial charge on any atom is -0.481 e. The molecule has 2 aliphatic carbocycles. The molecule has 0 aromatic rings. The molecule has 0 saturated heterocycles. The number of halogens is 3. The van der Waals surface area contributed by atoms with Gasteiger partial charge in [-0.05, 0) is 32.1 Å². The third kappa shape index (κ3) is 4.01. The van der Waals surface area contributed by atoms with Crippen LogP contribution in [0.25, 0.3) is 0 Å². The van der Waals surface area contributed by atoms with Gasteiger partial charge in [-0.3, -0.25) is 4.79 Å². The highest BCUT2D eigenvalue weighted by Gasteiger charge is 2.41. The molecule has 0 aromatic carbocycles. The van der Waals surface area contributed by atoms with Gasteiger partial charge in [0.1, 0.15) is 6.54 Å². The maximum Gasteiger partial charge on any atom is 0.406 e. The van der Waals surface area contributed by atoms with Gasteiger partial charge in [0.05, 0.1) is 5.92 Å². The van der Waals surface area contributed by atoms with Gasteiger partial charge in [0.15, 0.2) is 0 Å². The normalized spacial score (nSPS) is 26.4. The zero-order valence-electron chi connectivity index (χ0n) is 10.8. The van der Waals surface area contributed by atoms with E-state index < -0.39 is 30.6 Å². The summed E-state index contributed by atoms with van der Waals surface area (Å²) in [5.41, 5.74) is 0. The van der Waals surface area contributed by atoms with Gasteiger partial charge in [-0.15, -0.1) is 0 Å². The van der Waals surface area contributed by atoms with E-state index in [9.17, 15) is 22.8 Å². The van der Waals surface area contributed by atoms with Crippen molar-refractivity contribution < 1.29 is 27.9 Å². The van der Waals surface area contributed by atoms with Crippen molar-refractivity contribution in [2.24, 2.45) is 5.92 Å². The predicted molar refractivity (Wildman–Crippen MR) is 63.1 cm³/mol. The molecule has 8 heteroatoms. The highest BCUT2D eigenvalue weighted by Crippen LogP contribution is 2.31. The number of rotatable bonds is 4. The summed E-state index contributed by atoms with van der Waals surface area (Å²) < 4.78 is 37.3. The van der Waals surface area contributed by atoms with Crippen LogP contribution in [0.2, 0.25) is 0 Å². The van der Waals surface area contributed by atoms with E-state index >= 15 is 0 Å². The third-order valence-corrected chi connectivity index (χ3v) is 3.71. The first-order valence-electron chi connectivity index (χ1n) is 6.63. The van der Waals surface area contributed by atoms with Crippen molar-refractivity contribution in [3.63, 3.8) is 0 Å². The van der Waals surface area contributed by atoms with E-state index in [0.29, 0.717) is 25.7 Å². The molecule has 0 aromatic heterocycles. The second-order valence-electron chi connectivity index (χ2n) is 5.47. The number of aliphatic carboxylic acids is 1. The smallest absolute Gasteiger partial charge is 0.406 e. The molecule has 0 heterocycles. The predicted octanol–water partition coefficient (Wildman–Crippen LogP) is 1.98. The first kappa shape index (κ1) is 14.9. The van der Waals surface area contributed by atoms with Crippen LogP contribution in [-0.2, 0) is 4.79 Å². The molecule has 5 nitrogen and oxygen atoms in total. The minimum absolute atomic E-state index is 0.283. The van der Waals surface area contributed by atoms with Crippen molar-refractivity contribution in [3.05, 3.63) is 0 Å². The number of carbonyl (C=O) groups is 2. The van der Waals surface area contributed by atoms with Crippen LogP contribution < -0.4 is 5.32 Å². The molecule has 2 atom stereocenters. The molecule has 2 rings (SSSR count). The molecule has 2 fully saturated rings. The Balaban J connectivity index is 1.88. The SMILES string of the molecule is O=C(O)[C@@H]1CC[C@H](NC(=O)N(CC(F)(F)F)C2CC2)C1. The molecule has 114 valence electrons. The summed E-state index contributed by atoms with van der Waals surface area (Å²) in [5.74, 6) is -1.44. The Labute approximate surface area is 114 Å². The zero-order chi connectivity index (χ0) is 14.9. The Morgan fingerprint density at radius 3 is 2.30 bits per heavy atom. The van der Waals surface area contributed by atoms with Gasteiger partial charge >= 0.3 is 18.2 Å². The average molecular weight is 294 g/mol. The summed E-state index contributed by atoms with van der Waals surface area (Å²) in [6.45, 7) is -1.25. The van der Waals surface area contributed by atoms with E-state index in [-0.39, 0.29) is 18.5 Å². The quantitative estimate of drug-likeness (QED) is 0.833. The maximum atomic E-state index is 12.4. The number of urea groups is 1. The number of amides is 2. The monoisotopic (exact) mass is 294 g/mol. The van der Waals surface area contributed by atoms with Gasteiger partial charge in [-0.1, -0.05) is 0 Å². The number of hydrogen-bond acceptors (Lipinski definition) is 2. The van der Waals surface area contributed by atoms with Crippen molar-refractivity contribution in [3.8, 4) is 0 Å². The number of alkyl halides is 3. The number of nitrogens with one attached hydrogen (secondary N) is 1. The number of carboxylic acids is 1. The largest absolute Gasteiger partial charge is 0.481 e. The molecular weight excluding hydrogens is 277 g/mol. The summed E-state index contributed by atoms with van der Waals surface area (Å²) in [6.07, 6.45) is -2.02. The van der Waals surface area contributed by atoms with E-state index in [2.05, 4.69) is 5.32 Å². The Kier molecular flexibility index (Phi) is 4.10. The Morgan fingerprint density at radius 2 is 1.85 bits per heavy atom. The van der Waals surface area contributed by atoms with Crippen LogP contribution in [-0.4, -0.2) is 46.8 Å². The molecule has 0 unspecified atom stereocenters. The Bertz CT molecular complexity index is 396. The van der Waals surface area contributed by atoms with E-state index in [1.165, 1.54) is 0 Å². The lowest BCUT2D eigenvalue weighted by atomic mass is 10.1. The fraction of sp³-hybridized carbons (Fsp3) is 0.833. The molecule has 0 aliphatic heterocycles. The van der Waals surface area contributed by atoms with Crippen LogP contribution in [0.4, 0.5) is 18.0 Å². The van der Waals surface area contributed by atoms with Crippen LogP contribution in [0.3, 0.4) is 0 Å². The van der Waals surface area contributed by atoms with E-state index in [4.69, 9.17) is 5.11 Å². The van der Waals surface area contributed by atoms with Crippen LogP contribution in [0.5, 0.6) is 0 Å². The van der Waals surface area contributed by atoms with Crippen molar-refractivity contribution in [2.75, 3.05) is 6.54 Å². The lowest BCUT2D eigenvalue weighted by Gasteiger charge is -2.26. The zero-order valence-corrected chi connectivity index (χ0v) is 10.8. The van der Waals surface area contributed by atoms with Gasteiger partial charge in [-0.2, -0.15) is 13.2 Å². The summed E-state index contributed by atoms with van der Waals surface area (Å²) >= 11 is 0. The fourth-order valence-corrected chi connectivity index (χ4v) is 2.54. The first-order valence-corrected chi connectivity index (χ1v) is 6.63. The van der Waals surface area contributed by atoms with Gasteiger partial charge in [-0.25, -0.2) is 4.79 Å². The van der Waals surface area contributed by atoms with Crippen LogP contribution in [0, 0.1) is 5.92 Å². The molecular formula is C12H17F3N2O3. The highest BCUT2D eigenvalue weighted by atomic mass is 19.4. The van der Waals surface area contributed by atoms with E-state index in [1.807, 2.05) is 0 Å². The van der Waals surface area contributed by atoms with E-state index in [1.54, 1.807) is 0 Å². The standard InChI is InChI=1S/C12H17F3N2O3/c13-12(14,15)6-17(9-3-4-9)11(20)16-8-2-1-7(5-8)10(18)19/h7-9H,1-6H2,(H,16,20)(H,18,19)/t7-,8+/m1/s1. The molecule has 2 saturated carbocycles. The van der Waals surface area contributed by atoms with Crippen molar-refractivity contribution in [1.82, 2.24) is 10.2 Å². The fourth-order valence-electron chi connectivity index (χ4n) is 2.54. The Morgan fingerprint density at radius 1 is 1.20 bits per heavy atom. The van der Waals surface area contributed by atoms with Gasteiger partial charge in [0.2, 0.25) is 0 Å². The van der Waals surface area contributed by atoms with Crippen LogP contribution in [0.1, 0.15) is 32.1 Å². The highest BCUT2D eigenvalue weighted by molar-refractivity contribution is 5.76. The van der Waals surface area contributed by atoms with E-state index in [0.717, 1.165) is 4.90 Å². The second-order valence-corrected chi connectivity index (χ2v) is 5.47. The summed E-state index contributed by atoms with van der Waals surface area (Å²) in [6, 6.07) is -1.42. The van der Waals surface area contributed by atoms with Crippen molar-refractivity contribution >= 4 is 12.0 Å². The van der Waals surface area contributed by atoms with Crippen molar-refractivity contribution in [1.29, 1.82) is 0 Å². The maximum absolute atomic E-state index is 12.4. The lowest BCUT2D eigenvalue weighted by Crippen LogP contribution is -2.48. The molecule has 2 N–H and O–H groups in total. The van der Waals surface area contributed by atoms with Crippen LogP contribution >= 0.6 is 0 Å². The molecule has 20 heavy (non-hydrogen) atoms. The molecule has 0 bridgehead atoms. The molecule has 2 amide bonds. The minimum atomic E-state index is -4.42. The van der Waals surface area contributed by atoms with Gasteiger partial charge < -0.3 is 15.3 Å². The third-order valence-electron chi connectivity index (χ3n) is 3.71. The van der Waals surface area contributed by atoms with Crippen molar-refractivity contribution in [2.45, 2.75) is 50.4 Å². The number of nitrogens with zero attached hydrogens (tertiary/aromatic N) is 1. The topological polar surface area (TPSA) is 69.6 Å². The number of carbonyl (C=O) groups excluding carboxylic acids is 1. The van der Waals surface area contributed by atoms with Gasteiger partial charge in [0, 0.05) is 12.1 Å². The Hall–Kier alpha value is -1.47. The lowest BCUT2D eigenvalue weighted by molar-refractivity contribution is -0.141. The first-order chi connectivity index (χ1) is 9.26. The number of hydrogen-bond donors (Lipinski definition) is 2. The summed E-state index contributed by atoms with van der Waals surface area (Å²) in [7, 11) is 0. The molecule has 0 spiro atoms. The average Bonchev–Trinajstić information content (AvgIpc) is 3.04. The summed E-state index contributed by atoms with van der Waals surface area (Å²) in [4.78, 5) is 23.5. The molecule has 0 radical (unpaired) electrons. The van der Waals surface area contributed by atoms with Gasteiger partial charge in [0.25, 0.3) is 0 Å². The van der Waals surface area contributed by atoms with Crippen LogP contribution in [0.15, 0.2) is 0 Å². The summed E-state index contributed by atoms with van der Waals surface area (Å²) in [5, 5.41) is 11.4.